The summed E-state index contributed by atoms with van der Waals surface area (Å²) in [5.41, 5.74) is 4.06. The molecule has 0 unspecified atom stereocenters. The van der Waals surface area contributed by atoms with Gasteiger partial charge in [-0.15, -0.1) is 0 Å². The molecular formula is C19H14ClN5O. The van der Waals surface area contributed by atoms with Crippen LogP contribution < -0.4 is 4.90 Å². The number of imidazole rings is 1. The number of anilines is 1. The van der Waals surface area contributed by atoms with E-state index in [1.54, 1.807) is 34.1 Å². The first kappa shape index (κ1) is 15.2. The molecule has 1 aromatic carbocycles. The maximum atomic E-state index is 13.2. The zero-order valence-corrected chi connectivity index (χ0v) is 14.5. The summed E-state index contributed by atoms with van der Waals surface area (Å²) in [5.74, 6) is -0.0585. The number of benzene rings is 1. The molecule has 0 saturated heterocycles. The van der Waals surface area contributed by atoms with Crippen LogP contribution in [0.3, 0.4) is 0 Å². The highest BCUT2D eigenvalue weighted by Gasteiger charge is 2.30. The highest BCUT2D eigenvalue weighted by Crippen LogP contribution is 2.29. The molecular weight excluding hydrogens is 350 g/mol. The number of pyridine rings is 1. The van der Waals surface area contributed by atoms with Crippen LogP contribution in [0.2, 0.25) is 5.02 Å². The molecule has 0 aliphatic carbocycles. The third-order valence-corrected chi connectivity index (χ3v) is 4.91. The first-order valence-corrected chi connectivity index (χ1v) is 8.65. The standard InChI is InChI=1S/C19H14ClN5O/c20-14-2-4-15(5-3-14)24-9-10-25-18(19(24)26)16(11-22-25)13-1-6-17-21-7-8-23(17)12-13/h1-8,11-12H,9-10H2. The molecule has 1 aliphatic heterocycles. The number of rotatable bonds is 2. The van der Waals surface area contributed by atoms with Gasteiger partial charge in [-0.25, -0.2) is 4.98 Å². The minimum absolute atomic E-state index is 0.0585. The molecule has 1 amide bonds. The van der Waals surface area contributed by atoms with Crippen molar-refractivity contribution in [1.29, 1.82) is 0 Å². The van der Waals surface area contributed by atoms with Crippen LogP contribution in [0.15, 0.2) is 61.2 Å². The Bertz CT molecular complexity index is 1130. The quantitative estimate of drug-likeness (QED) is 0.547. The first-order valence-electron chi connectivity index (χ1n) is 8.27. The SMILES string of the molecule is O=C1c2c(-c3ccc4nccn4c3)cnn2CCN1c1ccc(Cl)cc1. The third-order valence-electron chi connectivity index (χ3n) is 4.66. The summed E-state index contributed by atoms with van der Waals surface area (Å²) in [6, 6.07) is 11.2. The van der Waals surface area contributed by atoms with Gasteiger partial charge in [-0.2, -0.15) is 5.10 Å². The summed E-state index contributed by atoms with van der Waals surface area (Å²) < 4.78 is 3.71. The molecule has 26 heavy (non-hydrogen) atoms. The van der Waals surface area contributed by atoms with Gasteiger partial charge in [0.1, 0.15) is 11.3 Å². The number of carbonyl (C=O) groups excluding carboxylic acids is 1. The summed E-state index contributed by atoms with van der Waals surface area (Å²) in [6.45, 7) is 1.23. The van der Waals surface area contributed by atoms with Crippen molar-refractivity contribution in [2.24, 2.45) is 0 Å². The molecule has 0 spiro atoms. The molecule has 0 fully saturated rings. The number of hydrogen-bond acceptors (Lipinski definition) is 3. The Morgan fingerprint density at radius 1 is 1.04 bits per heavy atom. The van der Waals surface area contributed by atoms with Crippen molar-refractivity contribution in [3.63, 3.8) is 0 Å². The van der Waals surface area contributed by atoms with E-state index in [1.807, 2.05) is 41.1 Å². The van der Waals surface area contributed by atoms with Gasteiger partial charge in [0.15, 0.2) is 0 Å². The Morgan fingerprint density at radius 2 is 1.88 bits per heavy atom. The second-order valence-corrected chi connectivity index (χ2v) is 6.61. The van der Waals surface area contributed by atoms with Crippen molar-refractivity contribution in [3.05, 3.63) is 71.9 Å². The summed E-state index contributed by atoms with van der Waals surface area (Å²) in [5, 5.41) is 5.07. The lowest BCUT2D eigenvalue weighted by Gasteiger charge is -2.28. The van der Waals surface area contributed by atoms with Crippen LogP contribution in [0, 0.1) is 0 Å². The van der Waals surface area contributed by atoms with Crippen molar-refractivity contribution in [3.8, 4) is 11.1 Å². The highest BCUT2D eigenvalue weighted by atomic mass is 35.5. The van der Waals surface area contributed by atoms with Gasteiger partial charge in [0, 0.05) is 47.0 Å². The average Bonchev–Trinajstić information content (AvgIpc) is 3.29. The summed E-state index contributed by atoms with van der Waals surface area (Å²) >= 11 is 5.97. The van der Waals surface area contributed by atoms with Crippen molar-refractivity contribution in [1.82, 2.24) is 19.2 Å². The number of fused-ring (bicyclic) bond motifs is 2. The van der Waals surface area contributed by atoms with Gasteiger partial charge < -0.3 is 9.30 Å². The predicted molar refractivity (Wildman–Crippen MR) is 99.5 cm³/mol. The maximum Gasteiger partial charge on any atom is 0.277 e. The molecule has 6 nitrogen and oxygen atoms in total. The summed E-state index contributed by atoms with van der Waals surface area (Å²) in [4.78, 5) is 19.2. The van der Waals surface area contributed by atoms with Crippen LogP contribution in [-0.4, -0.2) is 31.6 Å². The Kier molecular flexibility index (Phi) is 3.33. The first-order chi connectivity index (χ1) is 12.7. The molecule has 5 rings (SSSR count). The fraction of sp³-hybridized carbons (Fsp3) is 0.105. The molecule has 1 aliphatic rings. The maximum absolute atomic E-state index is 13.2. The van der Waals surface area contributed by atoms with Crippen LogP contribution in [0.1, 0.15) is 10.5 Å². The van der Waals surface area contributed by atoms with Crippen LogP contribution in [0.25, 0.3) is 16.8 Å². The molecule has 4 heterocycles. The Balaban J connectivity index is 1.59. The van der Waals surface area contributed by atoms with E-state index in [4.69, 9.17) is 11.6 Å². The largest absolute Gasteiger partial charge is 0.306 e. The lowest BCUT2D eigenvalue weighted by atomic mass is 10.1. The fourth-order valence-corrected chi connectivity index (χ4v) is 3.49. The van der Waals surface area contributed by atoms with Gasteiger partial charge in [-0.1, -0.05) is 11.6 Å². The molecule has 4 aromatic rings. The number of amides is 1. The third kappa shape index (κ3) is 2.30. The van der Waals surface area contributed by atoms with Crippen LogP contribution in [0.4, 0.5) is 5.69 Å². The monoisotopic (exact) mass is 363 g/mol. The van der Waals surface area contributed by atoms with Crippen molar-refractivity contribution < 1.29 is 4.79 Å². The van der Waals surface area contributed by atoms with E-state index in [0.717, 1.165) is 22.5 Å². The molecule has 0 bridgehead atoms. The zero-order chi connectivity index (χ0) is 17.7. The topological polar surface area (TPSA) is 55.4 Å². The van der Waals surface area contributed by atoms with Gasteiger partial charge in [0.25, 0.3) is 5.91 Å². The highest BCUT2D eigenvalue weighted by molar-refractivity contribution is 6.30. The van der Waals surface area contributed by atoms with Crippen LogP contribution in [-0.2, 0) is 6.54 Å². The van der Waals surface area contributed by atoms with Gasteiger partial charge in [0.05, 0.1) is 12.7 Å². The minimum Gasteiger partial charge on any atom is -0.306 e. The van der Waals surface area contributed by atoms with Crippen LogP contribution in [0.5, 0.6) is 0 Å². The predicted octanol–water partition coefficient (Wildman–Crippen LogP) is 3.51. The van der Waals surface area contributed by atoms with E-state index in [0.29, 0.717) is 23.8 Å². The Labute approximate surface area is 154 Å². The van der Waals surface area contributed by atoms with Gasteiger partial charge in [0.2, 0.25) is 0 Å². The van der Waals surface area contributed by atoms with Crippen LogP contribution >= 0.6 is 11.6 Å². The molecule has 3 aromatic heterocycles. The Morgan fingerprint density at radius 3 is 2.73 bits per heavy atom. The number of halogens is 1. The number of nitrogens with zero attached hydrogens (tertiary/aromatic N) is 5. The molecule has 0 radical (unpaired) electrons. The molecule has 0 N–H and O–H groups in total. The van der Waals surface area contributed by atoms with E-state index in [-0.39, 0.29) is 5.91 Å². The number of hydrogen-bond donors (Lipinski definition) is 0. The van der Waals surface area contributed by atoms with Crippen molar-refractivity contribution in [2.45, 2.75) is 6.54 Å². The summed E-state index contributed by atoms with van der Waals surface area (Å²) in [6.07, 6.45) is 7.36. The van der Waals surface area contributed by atoms with Gasteiger partial charge in [-0.05, 0) is 36.4 Å². The fourth-order valence-electron chi connectivity index (χ4n) is 3.36. The minimum atomic E-state index is -0.0585. The van der Waals surface area contributed by atoms with E-state index in [9.17, 15) is 4.79 Å². The lowest BCUT2D eigenvalue weighted by Crippen LogP contribution is -2.40. The normalized spacial score (nSPS) is 14.0. The van der Waals surface area contributed by atoms with E-state index < -0.39 is 0 Å². The molecule has 0 saturated carbocycles. The van der Waals surface area contributed by atoms with Gasteiger partial charge >= 0.3 is 0 Å². The smallest absolute Gasteiger partial charge is 0.277 e. The van der Waals surface area contributed by atoms with E-state index in [1.165, 1.54) is 0 Å². The molecule has 7 heteroatoms. The summed E-state index contributed by atoms with van der Waals surface area (Å²) in [7, 11) is 0. The second kappa shape index (κ2) is 5.71. The van der Waals surface area contributed by atoms with E-state index in [2.05, 4.69) is 10.1 Å². The molecule has 128 valence electrons. The lowest BCUT2D eigenvalue weighted by molar-refractivity contribution is 0.0963. The average molecular weight is 364 g/mol. The van der Waals surface area contributed by atoms with Crippen molar-refractivity contribution >= 4 is 28.8 Å². The number of aromatic nitrogens is 4. The van der Waals surface area contributed by atoms with Gasteiger partial charge in [-0.3, -0.25) is 9.48 Å². The second-order valence-electron chi connectivity index (χ2n) is 6.17. The molecule has 0 atom stereocenters. The Hall–Kier alpha value is -3.12. The zero-order valence-electron chi connectivity index (χ0n) is 13.7. The number of carbonyl (C=O) groups is 1. The van der Waals surface area contributed by atoms with Crippen molar-refractivity contribution in [2.75, 3.05) is 11.4 Å². The van der Waals surface area contributed by atoms with E-state index >= 15 is 0 Å².